The minimum atomic E-state index is -0.141. The molecule has 0 saturated carbocycles. The van der Waals surface area contributed by atoms with Crippen LogP contribution in [0.25, 0.3) is 10.9 Å². The first-order valence-electron chi connectivity index (χ1n) is 9.91. The van der Waals surface area contributed by atoms with Crippen LogP contribution in [0.1, 0.15) is 21.6 Å². The summed E-state index contributed by atoms with van der Waals surface area (Å²) >= 11 is 0. The summed E-state index contributed by atoms with van der Waals surface area (Å²) in [6.07, 6.45) is 7.11. The van der Waals surface area contributed by atoms with Crippen molar-refractivity contribution in [2.24, 2.45) is 0 Å². The van der Waals surface area contributed by atoms with Crippen molar-refractivity contribution in [2.75, 3.05) is 44.7 Å². The highest BCUT2D eigenvalue weighted by Gasteiger charge is 2.19. The number of H-pyrrole nitrogens is 1. The Balaban J connectivity index is 1.51. The van der Waals surface area contributed by atoms with Gasteiger partial charge in [-0.15, -0.1) is 11.5 Å². The SMILES string of the molecule is C#Cc1cccc(Nc2nncc3[nH]c(C(=O)NCCN4CCOCC4)c(C)c23)c1. The first-order chi connectivity index (χ1) is 14.7. The first kappa shape index (κ1) is 19.9. The fourth-order valence-electron chi connectivity index (χ4n) is 3.59. The van der Waals surface area contributed by atoms with E-state index in [9.17, 15) is 4.79 Å². The summed E-state index contributed by atoms with van der Waals surface area (Å²) in [5, 5.41) is 15.4. The standard InChI is InChI=1S/C22H24N6O2/c1-3-16-5-4-6-17(13-16)25-21-19-15(2)20(26-18(19)14-24-27-21)22(29)23-7-8-28-9-11-30-12-10-28/h1,4-6,13-14,26H,7-12H2,2H3,(H,23,29)(H,25,27). The Labute approximate surface area is 175 Å². The third-order valence-electron chi connectivity index (χ3n) is 5.20. The van der Waals surface area contributed by atoms with E-state index in [-0.39, 0.29) is 5.91 Å². The molecule has 0 aliphatic carbocycles. The van der Waals surface area contributed by atoms with Gasteiger partial charge in [0.2, 0.25) is 0 Å². The van der Waals surface area contributed by atoms with E-state index >= 15 is 0 Å². The van der Waals surface area contributed by atoms with Crippen molar-refractivity contribution in [1.29, 1.82) is 0 Å². The number of aromatic amines is 1. The Morgan fingerprint density at radius 2 is 2.20 bits per heavy atom. The lowest BCUT2D eigenvalue weighted by Gasteiger charge is -2.26. The third-order valence-corrected chi connectivity index (χ3v) is 5.20. The third kappa shape index (κ3) is 4.27. The minimum Gasteiger partial charge on any atom is -0.379 e. The largest absolute Gasteiger partial charge is 0.379 e. The van der Waals surface area contributed by atoms with Gasteiger partial charge in [-0.2, -0.15) is 5.10 Å². The average Bonchev–Trinajstić information content (AvgIpc) is 3.12. The number of aromatic nitrogens is 3. The quantitative estimate of drug-likeness (QED) is 0.545. The smallest absolute Gasteiger partial charge is 0.268 e. The molecule has 0 spiro atoms. The zero-order valence-corrected chi connectivity index (χ0v) is 16.9. The summed E-state index contributed by atoms with van der Waals surface area (Å²) < 4.78 is 5.35. The number of amides is 1. The van der Waals surface area contributed by atoms with Gasteiger partial charge in [0.1, 0.15) is 5.69 Å². The van der Waals surface area contributed by atoms with Gasteiger partial charge in [0, 0.05) is 42.8 Å². The fraction of sp³-hybridized carbons (Fsp3) is 0.318. The number of aryl methyl sites for hydroxylation is 1. The van der Waals surface area contributed by atoms with Gasteiger partial charge in [0.25, 0.3) is 5.91 Å². The molecule has 0 radical (unpaired) electrons. The maximum Gasteiger partial charge on any atom is 0.268 e. The van der Waals surface area contributed by atoms with Gasteiger partial charge >= 0.3 is 0 Å². The van der Waals surface area contributed by atoms with Crippen LogP contribution in [0.2, 0.25) is 0 Å². The van der Waals surface area contributed by atoms with Gasteiger partial charge in [0.15, 0.2) is 5.82 Å². The number of hydrogen-bond acceptors (Lipinski definition) is 6. The number of terminal acetylenes is 1. The monoisotopic (exact) mass is 404 g/mol. The molecule has 0 bridgehead atoms. The fourth-order valence-corrected chi connectivity index (χ4v) is 3.59. The van der Waals surface area contributed by atoms with Crippen LogP contribution in [0.5, 0.6) is 0 Å². The van der Waals surface area contributed by atoms with Gasteiger partial charge < -0.3 is 20.4 Å². The zero-order chi connectivity index (χ0) is 20.9. The van der Waals surface area contributed by atoms with E-state index < -0.39 is 0 Å². The molecular formula is C22H24N6O2. The zero-order valence-electron chi connectivity index (χ0n) is 16.9. The molecule has 4 rings (SSSR count). The van der Waals surface area contributed by atoms with Crippen molar-refractivity contribution in [2.45, 2.75) is 6.92 Å². The Morgan fingerprint density at radius 1 is 1.37 bits per heavy atom. The van der Waals surface area contributed by atoms with Crippen LogP contribution in [-0.4, -0.2) is 65.4 Å². The van der Waals surface area contributed by atoms with Crippen LogP contribution in [-0.2, 0) is 4.74 Å². The van der Waals surface area contributed by atoms with Crippen LogP contribution in [0.3, 0.4) is 0 Å². The number of carbonyl (C=O) groups excluding carboxylic acids is 1. The Morgan fingerprint density at radius 3 is 3.00 bits per heavy atom. The van der Waals surface area contributed by atoms with Crippen LogP contribution in [0.4, 0.5) is 11.5 Å². The lowest BCUT2D eigenvalue weighted by molar-refractivity contribution is 0.0383. The molecule has 1 saturated heterocycles. The van der Waals surface area contributed by atoms with E-state index in [2.05, 4.69) is 36.6 Å². The Hall–Kier alpha value is -3.41. The van der Waals surface area contributed by atoms with E-state index in [1.54, 1.807) is 6.20 Å². The highest BCUT2D eigenvalue weighted by atomic mass is 16.5. The number of nitrogens with one attached hydrogen (secondary N) is 3. The van der Waals surface area contributed by atoms with E-state index in [0.29, 0.717) is 18.1 Å². The van der Waals surface area contributed by atoms with Gasteiger partial charge in [-0.1, -0.05) is 12.0 Å². The molecule has 3 N–H and O–H groups in total. The molecular weight excluding hydrogens is 380 g/mol. The number of fused-ring (bicyclic) bond motifs is 1. The molecule has 8 nitrogen and oxygen atoms in total. The van der Waals surface area contributed by atoms with Gasteiger partial charge in [0.05, 0.1) is 24.9 Å². The summed E-state index contributed by atoms with van der Waals surface area (Å²) in [4.78, 5) is 18.2. The minimum absolute atomic E-state index is 0.141. The first-order valence-corrected chi connectivity index (χ1v) is 9.91. The number of morpholine rings is 1. The van der Waals surface area contributed by atoms with Crippen molar-refractivity contribution >= 4 is 28.3 Å². The number of anilines is 2. The van der Waals surface area contributed by atoms with E-state index in [0.717, 1.165) is 60.6 Å². The lowest BCUT2D eigenvalue weighted by atomic mass is 10.1. The normalized spacial score (nSPS) is 14.4. The summed E-state index contributed by atoms with van der Waals surface area (Å²) in [5.41, 5.74) is 3.66. The molecule has 1 aliphatic heterocycles. The molecule has 3 aromatic rings. The summed E-state index contributed by atoms with van der Waals surface area (Å²) in [6, 6.07) is 7.51. The second kappa shape index (κ2) is 8.95. The number of ether oxygens (including phenoxy) is 1. The predicted molar refractivity (Wildman–Crippen MR) is 116 cm³/mol. The number of hydrogen-bond donors (Lipinski definition) is 3. The summed E-state index contributed by atoms with van der Waals surface area (Å²) in [7, 11) is 0. The lowest BCUT2D eigenvalue weighted by Crippen LogP contribution is -2.41. The predicted octanol–water partition coefficient (Wildman–Crippen LogP) is 2.05. The van der Waals surface area contributed by atoms with Crippen LogP contribution < -0.4 is 10.6 Å². The Kier molecular flexibility index (Phi) is 5.93. The van der Waals surface area contributed by atoms with E-state index in [1.807, 2.05) is 31.2 Å². The van der Waals surface area contributed by atoms with Gasteiger partial charge in [-0.05, 0) is 30.7 Å². The molecule has 0 unspecified atom stereocenters. The number of nitrogens with zero attached hydrogens (tertiary/aromatic N) is 3. The highest BCUT2D eigenvalue weighted by molar-refractivity contribution is 6.04. The molecule has 154 valence electrons. The van der Waals surface area contributed by atoms with Crippen LogP contribution in [0, 0.1) is 19.3 Å². The molecule has 0 atom stereocenters. The molecule has 3 heterocycles. The Bertz CT molecular complexity index is 1090. The van der Waals surface area contributed by atoms with Crippen molar-refractivity contribution in [3.8, 4) is 12.3 Å². The van der Waals surface area contributed by atoms with Crippen molar-refractivity contribution in [1.82, 2.24) is 25.4 Å². The van der Waals surface area contributed by atoms with Gasteiger partial charge in [-0.3, -0.25) is 9.69 Å². The molecule has 1 fully saturated rings. The molecule has 2 aromatic heterocycles. The number of carbonyl (C=O) groups is 1. The van der Waals surface area contributed by atoms with Gasteiger partial charge in [-0.25, -0.2) is 0 Å². The van der Waals surface area contributed by atoms with Crippen LogP contribution >= 0.6 is 0 Å². The van der Waals surface area contributed by atoms with E-state index in [4.69, 9.17) is 11.2 Å². The second-order valence-corrected chi connectivity index (χ2v) is 7.17. The second-order valence-electron chi connectivity index (χ2n) is 7.17. The summed E-state index contributed by atoms with van der Waals surface area (Å²) in [6.45, 7) is 6.57. The average molecular weight is 404 g/mol. The molecule has 1 amide bonds. The maximum absolute atomic E-state index is 12.8. The molecule has 8 heteroatoms. The topological polar surface area (TPSA) is 95.2 Å². The number of rotatable bonds is 6. The molecule has 30 heavy (non-hydrogen) atoms. The van der Waals surface area contributed by atoms with Crippen LogP contribution in [0.15, 0.2) is 30.5 Å². The summed E-state index contributed by atoms with van der Waals surface area (Å²) in [5.74, 6) is 3.05. The highest BCUT2D eigenvalue weighted by Crippen LogP contribution is 2.28. The van der Waals surface area contributed by atoms with E-state index in [1.165, 1.54) is 0 Å². The molecule has 1 aliphatic rings. The number of benzene rings is 1. The van der Waals surface area contributed by atoms with Crippen molar-refractivity contribution in [3.05, 3.63) is 47.3 Å². The molecule has 1 aromatic carbocycles. The van der Waals surface area contributed by atoms with Crippen molar-refractivity contribution < 1.29 is 9.53 Å². The maximum atomic E-state index is 12.8. The van der Waals surface area contributed by atoms with Crippen molar-refractivity contribution in [3.63, 3.8) is 0 Å².